The number of hydrogen-bond acceptors (Lipinski definition) is 3. The monoisotopic (exact) mass is 297 g/mol. The Hall–Kier alpha value is -1.10. The third kappa shape index (κ3) is 4.43. The number of carboxylic acid groups (broad SMARTS) is 1. The Bertz CT molecular complexity index is 365. The van der Waals surface area contributed by atoms with E-state index < -0.39 is 11.9 Å². The topological polar surface area (TPSA) is 75.6 Å². The summed E-state index contributed by atoms with van der Waals surface area (Å²) in [6.45, 7) is 3.47. The molecule has 4 atom stereocenters. The normalized spacial score (nSPS) is 32.8. The number of nitrogens with one attached hydrogen (secondary N) is 1. The Morgan fingerprint density at radius 1 is 1.24 bits per heavy atom. The van der Waals surface area contributed by atoms with Crippen LogP contribution in [0.1, 0.15) is 51.9 Å². The highest BCUT2D eigenvalue weighted by atomic mass is 16.5. The van der Waals surface area contributed by atoms with E-state index in [1.54, 1.807) is 0 Å². The van der Waals surface area contributed by atoms with Gasteiger partial charge in [0.2, 0.25) is 5.91 Å². The van der Waals surface area contributed by atoms with E-state index >= 15 is 0 Å². The molecular formula is C16H27NO4. The van der Waals surface area contributed by atoms with E-state index in [1.165, 1.54) is 6.42 Å². The number of aliphatic carboxylic acids is 1. The maximum Gasteiger partial charge on any atom is 0.307 e. The molecule has 1 amide bonds. The van der Waals surface area contributed by atoms with E-state index in [9.17, 15) is 14.7 Å². The van der Waals surface area contributed by atoms with Crippen molar-refractivity contribution in [2.24, 2.45) is 17.8 Å². The number of carbonyl (C=O) groups is 2. The zero-order valence-corrected chi connectivity index (χ0v) is 12.8. The van der Waals surface area contributed by atoms with E-state index in [0.29, 0.717) is 25.3 Å². The van der Waals surface area contributed by atoms with Gasteiger partial charge in [-0.25, -0.2) is 0 Å². The lowest BCUT2D eigenvalue weighted by Gasteiger charge is -2.23. The molecule has 2 rings (SSSR count). The van der Waals surface area contributed by atoms with Crippen molar-refractivity contribution < 1.29 is 19.4 Å². The molecule has 1 heterocycles. The van der Waals surface area contributed by atoms with Gasteiger partial charge in [-0.3, -0.25) is 9.59 Å². The van der Waals surface area contributed by atoms with E-state index in [2.05, 4.69) is 12.2 Å². The van der Waals surface area contributed by atoms with Gasteiger partial charge in [-0.2, -0.15) is 0 Å². The van der Waals surface area contributed by atoms with Crippen molar-refractivity contribution in [3.05, 3.63) is 0 Å². The summed E-state index contributed by atoms with van der Waals surface area (Å²) < 4.78 is 5.63. The molecule has 1 saturated carbocycles. The molecule has 2 unspecified atom stereocenters. The summed E-state index contributed by atoms with van der Waals surface area (Å²) in [5.74, 6) is -1.43. The number of carbonyl (C=O) groups excluding carboxylic acids is 1. The molecule has 1 aliphatic heterocycles. The minimum atomic E-state index is -0.832. The third-order valence-corrected chi connectivity index (χ3v) is 4.93. The van der Waals surface area contributed by atoms with Crippen LogP contribution < -0.4 is 5.32 Å². The Morgan fingerprint density at radius 2 is 2.00 bits per heavy atom. The van der Waals surface area contributed by atoms with Crippen molar-refractivity contribution >= 4 is 11.9 Å². The molecule has 5 heteroatoms. The van der Waals surface area contributed by atoms with Gasteiger partial charge >= 0.3 is 5.97 Å². The van der Waals surface area contributed by atoms with Crippen LogP contribution in [0.5, 0.6) is 0 Å². The van der Waals surface area contributed by atoms with E-state index in [-0.39, 0.29) is 17.9 Å². The molecule has 2 N–H and O–H groups in total. The van der Waals surface area contributed by atoms with Gasteiger partial charge in [-0.15, -0.1) is 0 Å². The largest absolute Gasteiger partial charge is 0.481 e. The van der Waals surface area contributed by atoms with Gasteiger partial charge in [0.1, 0.15) is 0 Å². The van der Waals surface area contributed by atoms with Crippen LogP contribution in [0, 0.1) is 17.8 Å². The van der Waals surface area contributed by atoms with Crippen LogP contribution in [0.3, 0.4) is 0 Å². The lowest BCUT2D eigenvalue weighted by atomic mass is 9.95. The fourth-order valence-corrected chi connectivity index (χ4v) is 3.56. The Morgan fingerprint density at radius 3 is 2.62 bits per heavy atom. The van der Waals surface area contributed by atoms with Gasteiger partial charge in [0.15, 0.2) is 0 Å². The zero-order chi connectivity index (χ0) is 15.2. The van der Waals surface area contributed by atoms with Crippen molar-refractivity contribution in [1.29, 1.82) is 0 Å². The Kier molecular flexibility index (Phi) is 6.03. The second-order valence-corrected chi connectivity index (χ2v) is 6.37. The molecule has 5 nitrogen and oxygen atoms in total. The van der Waals surface area contributed by atoms with Crippen LogP contribution in [0.4, 0.5) is 0 Å². The zero-order valence-electron chi connectivity index (χ0n) is 12.8. The summed E-state index contributed by atoms with van der Waals surface area (Å²) in [6.07, 6.45) is 6.76. The van der Waals surface area contributed by atoms with E-state index in [4.69, 9.17) is 4.74 Å². The molecule has 0 aromatic rings. The fraction of sp³-hybridized carbons (Fsp3) is 0.875. The van der Waals surface area contributed by atoms with Gasteiger partial charge in [-0.05, 0) is 44.4 Å². The average Bonchev–Trinajstić information content (AvgIpc) is 2.93. The molecule has 1 aliphatic carbocycles. The van der Waals surface area contributed by atoms with Gasteiger partial charge in [0, 0.05) is 13.2 Å². The standard InChI is InChI=1S/C16H27NO4/c1-2-11-9-13(14(10-11)16(19)20)15(18)17-7-6-12-5-3-4-8-21-12/h11-14H,2-10H2,1H3,(H,17,18)(H,19,20)/t11?,12?,13-,14+/m0/s1. The number of carboxylic acids is 1. The first-order chi connectivity index (χ1) is 10.1. The highest BCUT2D eigenvalue weighted by Gasteiger charge is 2.41. The Balaban J connectivity index is 1.77. The molecule has 0 bridgehead atoms. The van der Waals surface area contributed by atoms with Crippen LogP contribution in [0.2, 0.25) is 0 Å². The van der Waals surface area contributed by atoms with Gasteiger partial charge in [0.25, 0.3) is 0 Å². The van der Waals surface area contributed by atoms with Crippen molar-refractivity contribution in [3.63, 3.8) is 0 Å². The third-order valence-electron chi connectivity index (χ3n) is 4.93. The second-order valence-electron chi connectivity index (χ2n) is 6.37. The molecule has 1 saturated heterocycles. The maximum absolute atomic E-state index is 12.2. The van der Waals surface area contributed by atoms with Crippen molar-refractivity contribution in [2.75, 3.05) is 13.2 Å². The maximum atomic E-state index is 12.2. The molecule has 0 aromatic heterocycles. The molecule has 0 spiro atoms. The van der Waals surface area contributed by atoms with Crippen molar-refractivity contribution in [1.82, 2.24) is 5.32 Å². The van der Waals surface area contributed by atoms with Crippen LogP contribution >= 0.6 is 0 Å². The van der Waals surface area contributed by atoms with Crippen molar-refractivity contribution in [2.45, 2.75) is 58.0 Å². The van der Waals surface area contributed by atoms with E-state index in [0.717, 1.165) is 32.3 Å². The first-order valence-electron chi connectivity index (χ1n) is 8.24. The summed E-state index contributed by atoms with van der Waals surface area (Å²) in [6, 6.07) is 0. The smallest absolute Gasteiger partial charge is 0.307 e. The van der Waals surface area contributed by atoms with Crippen molar-refractivity contribution in [3.8, 4) is 0 Å². The number of ether oxygens (including phenoxy) is 1. The quantitative estimate of drug-likeness (QED) is 0.788. The number of hydrogen-bond donors (Lipinski definition) is 2. The first kappa shape index (κ1) is 16.3. The van der Waals surface area contributed by atoms with E-state index in [1.807, 2.05) is 0 Å². The Labute approximate surface area is 126 Å². The first-order valence-corrected chi connectivity index (χ1v) is 8.24. The number of rotatable bonds is 6. The van der Waals surface area contributed by atoms with Crippen LogP contribution in [0.15, 0.2) is 0 Å². The summed E-state index contributed by atoms with van der Waals surface area (Å²) in [7, 11) is 0. The highest BCUT2D eigenvalue weighted by molar-refractivity contribution is 5.85. The van der Waals surface area contributed by atoms with Gasteiger partial charge < -0.3 is 15.2 Å². The summed E-state index contributed by atoms with van der Waals surface area (Å²) in [4.78, 5) is 23.5. The lowest BCUT2D eigenvalue weighted by molar-refractivity contribution is -0.146. The molecule has 0 radical (unpaired) electrons. The van der Waals surface area contributed by atoms with Crippen LogP contribution in [-0.4, -0.2) is 36.2 Å². The molecule has 120 valence electrons. The predicted octanol–water partition coefficient (Wildman–Crippen LogP) is 2.20. The predicted molar refractivity (Wildman–Crippen MR) is 78.8 cm³/mol. The second kappa shape index (κ2) is 7.78. The SMILES string of the molecule is CCC1C[C@H](C(=O)NCCC2CCCCO2)[C@H](C(=O)O)C1. The minimum Gasteiger partial charge on any atom is -0.481 e. The molecule has 2 fully saturated rings. The lowest BCUT2D eigenvalue weighted by Crippen LogP contribution is -2.37. The highest BCUT2D eigenvalue weighted by Crippen LogP contribution is 2.38. The number of amides is 1. The molecular weight excluding hydrogens is 270 g/mol. The van der Waals surface area contributed by atoms with Crippen LogP contribution in [-0.2, 0) is 14.3 Å². The summed E-state index contributed by atoms with van der Waals surface area (Å²) in [5.41, 5.74) is 0. The molecule has 21 heavy (non-hydrogen) atoms. The van der Waals surface area contributed by atoms with Gasteiger partial charge in [0.05, 0.1) is 17.9 Å². The van der Waals surface area contributed by atoms with Gasteiger partial charge in [-0.1, -0.05) is 13.3 Å². The summed E-state index contributed by atoms with van der Waals surface area (Å²) >= 11 is 0. The fourth-order valence-electron chi connectivity index (χ4n) is 3.56. The molecule has 0 aromatic carbocycles. The molecule has 2 aliphatic rings. The van der Waals surface area contributed by atoms with Crippen LogP contribution in [0.25, 0.3) is 0 Å². The minimum absolute atomic E-state index is 0.0887. The average molecular weight is 297 g/mol. The summed E-state index contributed by atoms with van der Waals surface area (Å²) in [5, 5.41) is 12.2.